The van der Waals surface area contributed by atoms with E-state index in [2.05, 4.69) is 31.0 Å². The number of fused-ring (bicyclic) bond motifs is 1. The van der Waals surface area contributed by atoms with E-state index < -0.39 is 0 Å². The molecule has 73 valence electrons. The molecule has 2 aromatic rings. The normalized spacial score (nSPS) is 10.0. The molecule has 0 saturated heterocycles. The van der Waals surface area contributed by atoms with Gasteiger partial charge in [0.2, 0.25) is 0 Å². The van der Waals surface area contributed by atoms with Crippen LogP contribution in [-0.4, -0.2) is 9.55 Å². The van der Waals surface area contributed by atoms with E-state index >= 15 is 0 Å². The van der Waals surface area contributed by atoms with Crippen LogP contribution in [0, 0.1) is 17.4 Å². The molecule has 0 unspecified atom stereocenters. The smallest absolute Gasteiger partial charge is 0.108 e. The van der Waals surface area contributed by atoms with Crippen molar-refractivity contribution >= 4 is 10.9 Å². The molecule has 0 fully saturated rings. The topological polar surface area (TPSA) is 41.6 Å². The summed E-state index contributed by atoms with van der Waals surface area (Å²) in [7, 11) is 0. The van der Waals surface area contributed by atoms with Crippen molar-refractivity contribution in [1.82, 2.24) is 9.55 Å². The molecule has 0 amide bonds. The number of nitrogens with zero attached hydrogens (tertiary/aromatic N) is 3. The van der Waals surface area contributed by atoms with Crippen molar-refractivity contribution in [2.75, 3.05) is 0 Å². The fraction of sp³-hybridized carbons (Fsp3) is 0.273. The zero-order valence-corrected chi connectivity index (χ0v) is 11.6. The molecule has 2 heterocycles. The molecule has 0 aliphatic heterocycles. The summed E-state index contributed by atoms with van der Waals surface area (Å²) in [6.07, 6.45) is 3.51. The largest absolute Gasteiger partial charge is 0.406 e. The minimum atomic E-state index is 0. The van der Waals surface area contributed by atoms with Crippen LogP contribution < -0.4 is 0 Å². The molecule has 0 aromatic carbocycles. The Kier molecular flexibility index (Phi) is 4.01. The number of aromatic nitrogens is 2. The number of nitriles is 1. The van der Waals surface area contributed by atoms with Crippen molar-refractivity contribution in [2.24, 2.45) is 0 Å². The van der Waals surface area contributed by atoms with E-state index in [-0.39, 0.29) is 32.7 Å². The average molecular weight is 273 g/mol. The third kappa shape index (κ3) is 2.11. The van der Waals surface area contributed by atoms with E-state index in [0.717, 1.165) is 10.9 Å². The maximum absolute atomic E-state index is 8.92. The summed E-state index contributed by atoms with van der Waals surface area (Å²) in [6, 6.07) is 7.40. The molecule has 0 atom stereocenters. The maximum atomic E-state index is 8.92. The Balaban J connectivity index is 0.00000112. The maximum Gasteiger partial charge on any atom is 0.108 e. The van der Waals surface area contributed by atoms with Crippen molar-refractivity contribution in [2.45, 2.75) is 19.9 Å². The number of hydrogen-bond donors (Lipinski definition) is 0. The van der Waals surface area contributed by atoms with Crippen molar-refractivity contribution in [3.63, 3.8) is 0 Å². The van der Waals surface area contributed by atoms with Gasteiger partial charge >= 0.3 is 0 Å². The van der Waals surface area contributed by atoms with Crippen LogP contribution in [0.3, 0.4) is 0 Å². The van der Waals surface area contributed by atoms with Crippen LogP contribution in [0.5, 0.6) is 0 Å². The monoisotopic (exact) mass is 273 g/mol. The second-order valence-corrected chi connectivity index (χ2v) is 3.44. The Labute approximate surface area is 114 Å². The molecule has 2 rings (SSSR count). The van der Waals surface area contributed by atoms with Gasteiger partial charge in [-0.2, -0.15) is 16.7 Å². The molecular formula is C11H10N3Y-. The van der Waals surface area contributed by atoms with Gasteiger partial charge in [0.25, 0.3) is 0 Å². The number of rotatable bonds is 1. The Morgan fingerprint density at radius 3 is 2.87 bits per heavy atom. The zero-order chi connectivity index (χ0) is 10.1. The van der Waals surface area contributed by atoms with Crippen LogP contribution in [0.25, 0.3) is 10.9 Å². The van der Waals surface area contributed by atoms with Gasteiger partial charge in [-0.3, -0.25) is 4.98 Å². The molecule has 1 radical (unpaired) electrons. The van der Waals surface area contributed by atoms with E-state index in [0.29, 0.717) is 11.7 Å². The zero-order valence-electron chi connectivity index (χ0n) is 8.73. The second kappa shape index (κ2) is 4.87. The second-order valence-electron chi connectivity index (χ2n) is 3.44. The predicted octanol–water partition coefficient (Wildman–Crippen LogP) is 2.29. The van der Waals surface area contributed by atoms with Gasteiger partial charge in [-0.15, -0.1) is 6.07 Å². The fourth-order valence-corrected chi connectivity index (χ4v) is 1.55. The summed E-state index contributed by atoms with van der Waals surface area (Å²) in [5, 5.41) is 9.87. The van der Waals surface area contributed by atoms with Gasteiger partial charge in [0, 0.05) is 38.8 Å². The molecular weight excluding hydrogens is 263 g/mol. The van der Waals surface area contributed by atoms with Crippen LogP contribution in [0.15, 0.2) is 18.5 Å². The summed E-state index contributed by atoms with van der Waals surface area (Å²) in [4.78, 5) is 4.00. The molecule has 3 nitrogen and oxygen atoms in total. The van der Waals surface area contributed by atoms with Crippen molar-refractivity contribution in [3.8, 4) is 6.07 Å². The van der Waals surface area contributed by atoms with Gasteiger partial charge in [-0.05, 0) is 25.6 Å². The van der Waals surface area contributed by atoms with Gasteiger partial charge in [0.1, 0.15) is 11.8 Å². The first-order valence-corrected chi connectivity index (χ1v) is 4.51. The third-order valence-corrected chi connectivity index (χ3v) is 2.22. The Hall–Kier alpha value is -0.716. The van der Waals surface area contributed by atoms with Gasteiger partial charge in [0.05, 0.1) is 0 Å². The van der Waals surface area contributed by atoms with E-state index in [1.165, 1.54) is 0 Å². The summed E-state index contributed by atoms with van der Waals surface area (Å²) in [6.45, 7) is 4.15. The summed E-state index contributed by atoms with van der Waals surface area (Å²) in [5.41, 5.74) is 1.35. The predicted molar refractivity (Wildman–Crippen MR) is 53.7 cm³/mol. The van der Waals surface area contributed by atoms with Crippen molar-refractivity contribution in [1.29, 1.82) is 5.26 Å². The van der Waals surface area contributed by atoms with E-state index in [4.69, 9.17) is 5.26 Å². The van der Waals surface area contributed by atoms with Crippen molar-refractivity contribution in [3.05, 3.63) is 30.2 Å². The summed E-state index contributed by atoms with van der Waals surface area (Å²) < 4.78 is 2.04. The summed E-state index contributed by atoms with van der Waals surface area (Å²) in [5.74, 6) is 0. The average Bonchev–Trinajstić information content (AvgIpc) is 2.60. The van der Waals surface area contributed by atoms with Crippen LogP contribution in [0.1, 0.15) is 25.6 Å². The van der Waals surface area contributed by atoms with E-state index in [9.17, 15) is 0 Å². The van der Waals surface area contributed by atoms with Gasteiger partial charge in [0.15, 0.2) is 0 Å². The minimum Gasteiger partial charge on any atom is -0.406 e. The van der Waals surface area contributed by atoms with E-state index in [1.54, 1.807) is 6.20 Å². The first-order valence-electron chi connectivity index (χ1n) is 4.51. The quantitative estimate of drug-likeness (QED) is 0.748. The SMILES string of the molecule is CC(C)n1ccc2[c-]cnc(C#N)c21.[Y]. The minimum absolute atomic E-state index is 0. The third-order valence-electron chi connectivity index (χ3n) is 2.22. The number of pyridine rings is 1. The molecule has 0 N–H and O–H groups in total. The van der Waals surface area contributed by atoms with Crippen LogP contribution in [-0.2, 0) is 32.7 Å². The summed E-state index contributed by atoms with van der Waals surface area (Å²) >= 11 is 0. The molecule has 2 aromatic heterocycles. The van der Waals surface area contributed by atoms with Crippen molar-refractivity contribution < 1.29 is 32.7 Å². The Bertz CT molecular complexity index is 508. The standard InChI is InChI=1S/C11H10N3.Y/c1-8(2)14-6-4-9-3-5-13-10(7-12)11(9)14;/h4-6,8H,1-2H3;/q-1;. The molecule has 0 bridgehead atoms. The number of hydrogen-bond acceptors (Lipinski definition) is 2. The Morgan fingerprint density at radius 1 is 1.53 bits per heavy atom. The van der Waals surface area contributed by atoms with Gasteiger partial charge < -0.3 is 4.57 Å². The van der Waals surface area contributed by atoms with E-state index in [1.807, 2.05) is 16.8 Å². The molecule has 4 heteroatoms. The first kappa shape index (κ1) is 12.4. The Morgan fingerprint density at radius 2 is 2.27 bits per heavy atom. The first-order chi connectivity index (χ1) is 6.74. The molecule has 0 spiro atoms. The van der Waals surface area contributed by atoms with Crippen LogP contribution in [0.2, 0.25) is 0 Å². The van der Waals surface area contributed by atoms with Crippen LogP contribution in [0.4, 0.5) is 0 Å². The van der Waals surface area contributed by atoms with Crippen LogP contribution >= 0.6 is 0 Å². The van der Waals surface area contributed by atoms with Gasteiger partial charge in [-0.25, -0.2) is 0 Å². The molecule has 15 heavy (non-hydrogen) atoms. The van der Waals surface area contributed by atoms with Gasteiger partial charge in [-0.1, -0.05) is 6.20 Å². The fourth-order valence-electron chi connectivity index (χ4n) is 1.55. The molecule has 0 saturated carbocycles. The molecule has 0 aliphatic rings. The molecule has 0 aliphatic carbocycles.